The second-order valence-electron chi connectivity index (χ2n) is 5.53. The minimum atomic E-state index is -0.378. The molecule has 1 aromatic carbocycles. The Morgan fingerprint density at radius 3 is 2.67 bits per heavy atom. The standard InChI is InChI=1S/C16H23N3O2/c1-18(2)16(21)14-12-17-10-11-19(14)15(20)9-8-13-6-4-3-5-7-13/h3-7,14,17H,8-12H2,1-2H3. The molecule has 0 radical (unpaired) electrons. The first kappa shape index (κ1) is 15.5. The van der Waals surface area contributed by atoms with Crippen molar-refractivity contribution in [3.63, 3.8) is 0 Å². The van der Waals surface area contributed by atoms with E-state index in [4.69, 9.17) is 0 Å². The molecule has 5 nitrogen and oxygen atoms in total. The van der Waals surface area contributed by atoms with E-state index in [1.165, 1.54) is 0 Å². The van der Waals surface area contributed by atoms with Gasteiger partial charge in [-0.3, -0.25) is 9.59 Å². The fraction of sp³-hybridized carbons (Fsp3) is 0.500. The Hall–Kier alpha value is -1.88. The number of hydrogen-bond donors (Lipinski definition) is 1. The zero-order chi connectivity index (χ0) is 15.2. The number of benzene rings is 1. The Morgan fingerprint density at radius 1 is 1.29 bits per heavy atom. The van der Waals surface area contributed by atoms with Crippen LogP contribution in [0.25, 0.3) is 0 Å². The number of carbonyl (C=O) groups is 2. The van der Waals surface area contributed by atoms with E-state index in [-0.39, 0.29) is 17.9 Å². The summed E-state index contributed by atoms with van der Waals surface area (Å²) in [5.41, 5.74) is 1.15. The van der Waals surface area contributed by atoms with Crippen LogP contribution in [0.4, 0.5) is 0 Å². The number of nitrogens with zero attached hydrogens (tertiary/aromatic N) is 2. The molecule has 1 aliphatic rings. The fourth-order valence-corrected chi connectivity index (χ4v) is 2.56. The van der Waals surface area contributed by atoms with Crippen molar-refractivity contribution in [2.24, 2.45) is 0 Å². The summed E-state index contributed by atoms with van der Waals surface area (Å²) in [4.78, 5) is 27.9. The smallest absolute Gasteiger partial charge is 0.246 e. The van der Waals surface area contributed by atoms with E-state index in [9.17, 15) is 9.59 Å². The Bertz CT molecular complexity index is 488. The molecule has 1 N–H and O–H groups in total. The van der Waals surface area contributed by atoms with E-state index in [0.29, 0.717) is 25.9 Å². The molecule has 0 saturated carbocycles. The lowest BCUT2D eigenvalue weighted by molar-refractivity contribution is -0.145. The minimum absolute atomic E-state index is 0.0183. The zero-order valence-corrected chi connectivity index (χ0v) is 12.7. The van der Waals surface area contributed by atoms with Gasteiger partial charge in [-0.2, -0.15) is 0 Å². The number of carbonyl (C=O) groups excluding carboxylic acids is 2. The highest BCUT2D eigenvalue weighted by Crippen LogP contribution is 2.11. The molecule has 1 atom stereocenters. The van der Waals surface area contributed by atoms with E-state index in [1.54, 1.807) is 23.9 Å². The topological polar surface area (TPSA) is 52.7 Å². The summed E-state index contributed by atoms with van der Waals surface area (Å²) in [5, 5.41) is 3.19. The summed E-state index contributed by atoms with van der Waals surface area (Å²) >= 11 is 0. The van der Waals surface area contributed by atoms with Crippen molar-refractivity contribution < 1.29 is 9.59 Å². The van der Waals surface area contributed by atoms with Crippen LogP contribution in [0.5, 0.6) is 0 Å². The maximum atomic E-state index is 12.4. The van der Waals surface area contributed by atoms with Gasteiger partial charge in [-0.25, -0.2) is 0 Å². The molecule has 1 unspecified atom stereocenters. The van der Waals surface area contributed by atoms with Gasteiger partial charge in [0.1, 0.15) is 6.04 Å². The first-order valence-corrected chi connectivity index (χ1v) is 7.35. The maximum Gasteiger partial charge on any atom is 0.246 e. The fourth-order valence-electron chi connectivity index (χ4n) is 2.56. The van der Waals surface area contributed by atoms with E-state index < -0.39 is 0 Å². The maximum absolute atomic E-state index is 12.4. The van der Waals surface area contributed by atoms with Crippen molar-refractivity contribution in [3.05, 3.63) is 35.9 Å². The highest BCUT2D eigenvalue weighted by molar-refractivity contribution is 5.88. The number of amides is 2. The third-order valence-corrected chi connectivity index (χ3v) is 3.76. The summed E-state index contributed by atoms with van der Waals surface area (Å²) in [7, 11) is 3.45. The van der Waals surface area contributed by atoms with Gasteiger partial charge in [0.2, 0.25) is 11.8 Å². The second kappa shape index (κ2) is 7.22. The quantitative estimate of drug-likeness (QED) is 0.878. The monoisotopic (exact) mass is 289 g/mol. The van der Waals surface area contributed by atoms with Crippen LogP contribution < -0.4 is 5.32 Å². The van der Waals surface area contributed by atoms with Crippen molar-refractivity contribution in [2.45, 2.75) is 18.9 Å². The lowest BCUT2D eigenvalue weighted by Gasteiger charge is -2.36. The lowest BCUT2D eigenvalue weighted by atomic mass is 10.1. The molecule has 2 amide bonds. The number of hydrogen-bond acceptors (Lipinski definition) is 3. The predicted molar refractivity (Wildman–Crippen MR) is 81.8 cm³/mol. The number of likely N-dealkylation sites (N-methyl/N-ethyl adjacent to an activating group) is 1. The molecule has 0 bridgehead atoms. The summed E-state index contributed by atoms with van der Waals surface area (Å²) < 4.78 is 0. The van der Waals surface area contributed by atoms with Gasteiger partial charge in [-0.05, 0) is 12.0 Å². The Balaban J connectivity index is 1.97. The highest BCUT2D eigenvalue weighted by atomic mass is 16.2. The molecule has 1 fully saturated rings. The molecule has 0 aromatic heterocycles. The summed E-state index contributed by atoms with van der Waals surface area (Å²) in [6.07, 6.45) is 1.16. The van der Waals surface area contributed by atoms with Gasteiger partial charge >= 0.3 is 0 Å². The van der Waals surface area contributed by atoms with Gasteiger partial charge in [0.05, 0.1) is 0 Å². The van der Waals surface area contributed by atoms with Crippen LogP contribution in [-0.4, -0.2) is 61.4 Å². The van der Waals surface area contributed by atoms with Gasteiger partial charge in [0, 0.05) is 40.2 Å². The highest BCUT2D eigenvalue weighted by Gasteiger charge is 2.32. The average Bonchev–Trinajstić information content (AvgIpc) is 2.52. The lowest BCUT2D eigenvalue weighted by Crippen LogP contribution is -2.59. The first-order chi connectivity index (χ1) is 10.1. The predicted octanol–water partition coefficient (Wildman–Crippen LogP) is 0.508. The van der Waals surface area contributed by atoms with Crippen LogP contribution >= 0.6 is 0 Å². The van der Waals surface area contributed by atoms with Crippen LogP contribution in [0.3, 0.4) is 0 Å². The Kier molecular flexibility index (Phi) is 5.33. The molecular formula is C16H23N3O2. The molecule has 1 heterocycles. The van der Waals surface area contributed by atoms with E-state index in [1.807, 2.05) is 30.3 Å². The second-order valence-corrected chi connectivity index (χ2v) is 5.53. The summed E-state index contributed by atoms with van der Waals surface area (Å²) in [5.74, 6) is 0.0378. The van der Waals surface area contributed by atoms with E-state index >= 15 is 0 Å². The van der Waals surface area contributed by atoms with Crippen molar-refractivity contribution in [1.29, 1.82) is 0 Å². The third-order valence-electron chi connectivity index (χ3n) is 3.76. The van der Waals surface area contributed by atoms with Crippen LogP contribution in [0, 0.1) is 0 Å². The van der Waals surface area contributed by atoms with Crippen LogP contribution in [0.15, 0.2) is 30.3 Å². The first-order valence-electron chi connectivity index (χ1n) is 7.35. The molecule has 21 heavy (non-hydrogen) atoms. The van der Waals surface area contributed by atoms with Crippen molar-refractivity contribution >= 4 is 11.8 Å². The van der Waals surface area contributed by atoms with Crippen LogP contribution in [0.1, 0.15) is 12.0 Å². The molecule has 2 rings (SSSR count). The van der Waals surface area contributed by atoms with Crippen molar-refractivity contribution in [1.82, 2.24) is 15.1 Å². The SMILES string of the molecule is CN(C)C(=O)C1CNCCN1C(=O)CCc1ccccc1. The Labute approximate surface area is 125 Å². The normalized spacial score (nSPS) is 18.4. The molecule has 5 heteroatoms. The van der Waals surface area contributed by atoms with Gasteiger partial charge in [-0.15, -0.1) is 0 Å². The molecule has 114 valence electrons. The van der Waals surface area contributed by atoms with Crippen molar-refractivity contribution in [3.8, 4) is 0 Å². The number of rotatable bonds is 4. The molecule has 0 spiro atoms. The summed E-state index contributed by atoms with van der Waals surface area (Å²) in [6.45, 7) is 1.88. The van der Waals surface area contributed by atoms with E-state index in [2.05, 4.69) is 5.32 Å². The minimum Gasteiger partial charge on any atom is -0.347 e. The molecule has 1 aromatic rings. The molecule has 0 aliphatic carbocycles. The molecule has 1 saturated heterocycles. The van der Waals surface area contributed by atoms with Gasteiger partial charge in [0.25, 0.3) is 0 Å². The van der Waals surface area contributed by atoms with Gasteiger partial charge in [-0.1, -0.05) is 30.3 Å². The summed E-state index contributed by atoms with van der Waals surface area (Å²) in [6, 6.07) is 9.58. The molecular weight excluding hydrogens is 266 g/mol. The van der Waals surface area contributed by atoms with Crippen LogP contribution in [-0.2, 0) is 16.0 Å². The molecule has 1 aliphatic heterocycles. The van der Waals surface area contributed by atoms with Crippen molar-refractivity contribution in [2.75, 3.05) is 33.7 Å². The van der Waals surface area contributed by atoms with Gasteiger partial charge in [0.15, 0.2) is 0 Å². The number of nitrogens with one attached hydrogen (secondary N) is 1. The van der Waals surface area contributed by atoms with Gasteiger partial charge < -0.3 is 15.1 Å². The number of aryl methyl sites for hydroxylation is 1. The third kappa shape index (κ3) is 4.04. The Morgan fingerprint density at radius 2 is 2.00 bits per heavy atom. The zero-order valence-electron chi connectivity index (χ0n) is 12.7. The van der Waals surface area contributed by atoms with E-state index in [0.717, 1.165) is 12.1 Å². The van der Waals surface area contributed by atoms with Crippen LogP contribution in [0.2, 0.25) is 0 Å². The number of piperazine rings is 1. The average molecular weight is 289 g/mol. The largest absolute Gasteiger partial charge is 0.347 e.